The summed E-state index contributed by atoms with van der Waals surface area (Å²) in [6.07, 6.45) is 2.87. The third kappa shape index (κ3) is 4.22. The Hall–Kier alpha value is -3.55. The van der Waals surface area contributed by atoms with Crippen LogP contribution in [0, 0.1) is 0 Å². The van der Waals surface area contributed by atoms with E-state index >= 15 is 0 Å². The van der Waals surface area contributed by atoms with Gasteiger partial charge in [0.25, 0.3) is 5.91 Å². The minimum absolute atomic E-state index is 0.0210. The number of nitrogens with one attached hydrogen (secondary N) is 1. The summed E-state index contributed by atoms with van der Waals surface area (Å²) in [6, 6.07) is 12.1. The van der Waals surface area contributed by atoms with Crippen LogP contribution in [0.3, 0.4) is 0 Å². The molecular weight excluding hydrogens is 358 g/mol. The summed E-state index contributed by atoms with van der Waals surface area (Å²) in [7, 11) is 0. The number of carboxylic acid groups (broad SMARTS) is 1. The van der Waals surface area contributed by atoms with E-state index in [0.717, 1.165) is 5.69 Å². The molecule has 1 atom stereocenters. The molecule has 0 unspecified atom stereocenters. The number of aromatic nitrogens is 4. The maximum absolute atomic E-state index is 12.9. The topological polar surface area (TPSA) is 110 Å². The first-order valence-electron chi connectivity index (χ1n) is 8.91. The number of para-hydroxylation sites is 1. The molecule has 0 radical (unpaired) electrons. The Labute approximate surface area is 162 Å². The van der Waals surface area contributed by atoms with E-state index in [0.29, 0.717) is 11.3 Å². The van der Waals surface area contributed by atoms with Crippen molar-refractivity contribution in [3.8, 4) is 5.69 Å². The van der Waals surface area contributed by atoms with Gasteiger partial charge in [-0.1, -0.05) is 43.3 Å². The van der Waals surface area contributed by atoms with E-state index in [-0.39, 0.29) is 18.0 Å². The second-order valence-corrected chi connectivity index (χ2v) is 6.64. The predicted octanol–water partition coefficient (Wildman–Crippen LogP) is 2.73. The van der Waals surface area contributed by atoms with Gasteiger partial charge in [-0.15, -0.1) is 5.10 Å². The molecule has 2 heterocycles. The zero-order valence-electron chi connectivity index (χ0n) is 15.6. The molecule has 0 bridgehead atoms. The van der Waals surface area contributed by atoms with E-state index in [2.05, 4.69) is 20.6 Å². The summed E-state index contributed by atoms with van der Waals surface area (Å²) >= 11 is 0. The Bertz CT molecular complexity index is 954. The van der Waals surface area contributed by atoms with Crippen molar-refractivity contribution in [2.24, 2.45) is 0 Å². The third-order valence-electron chi connectivity index (χ3n) is 4.24. The lowest BCUT2D eigenvalue weighted by Gasteiger charge is -2.17. The van der Waals surface area contributed by atoms with Gasteiger partial charge >= 0.3 is 5.97 Å². The predicted molar refractivity (Wildman–Crippen MR) is 102 cm³/mol. The number of rotatable bonds is 7. The number of benzene rings is 1. The second kappa shape index (κ2) is 8.43. The first kappa shape index (κ1) is 19.2. The second-order valence-electron chi connectivity index (χ2n) is 6.64. The fourth-order valence-electron chi connectivity index (χ4n) is 2.96. The lowest BCUT2D eigenvalue weighted by molar-refractivity contribution is -0.137. The van der Waals surface area contributed by atoms with Crippen molar-refractivity contribution in [1.82, 2.24) is 25.3 Å². The standard InChI is InChI=1S/C20H21N5O3/c1-13(2)19-18(23-24-25(19)15-8-4-3-5-9-15)20(28)22-16(11-17(26)27)14-7-6-10-21-12-14/h3-10,12-13,16H,11H2,1-2H3,(H,22,28)(H,26,27)/t16-/m0/s1. The minimum Gasteiger partial charge on any atom is -0.481 e. The molecule has 28 heavy (non-hydrogen) atoms. The molecule has 0 aliphatic heterocycles. The summed E-state index contributed by atoms with van der Waals surface area (Å²) in [5.41, 5.74) is 2.24. The van der Waals surface area contributed by atoms with Gasteiger partial charge in [-0.05, 0) is 29.7 Å². The highest BCUT2D eigenvalue weighted by atomic mass is 16.4. The highest BCUT2D eigenvalue weighted by molar-refractivity contribution is 5.94. The lowest BCUT2D eigenvalue weighted by atomic mass is 10.0. The fraction of sp³-hybridized carbons (Fsp3) is 0.250. The van der Waals surface area contributed by atoms with Gasteiger partial charge in [-0.25, -0.2) is 4.68 Å². The van der Waals surface area contributed by atoms with Crippen LogP contribution < -0.4 is 5.32 Å². The Morgan fingerprint density at radius 2 is 1.89 bits per heavy atom. The number of carbonyl (C=O) groups excluding carboxylic acids is 1. The first-order valence-corrected chi connectivity index (χ1v) is 8.91. The Kier molecular flexibility index (Phi) is 5.78. The van der Waals surface area contributed by atoms with Crippen molar-refractivity contribution < 1.29 is 14.7 Å². The number of carboxylic acids is 1. The maximum atomic E-state index is 12.9. The molecule has 0 aliphatic carbocycles. The van der Waals surface area contributed by atoms with Crippen LogP contribution in [0.2, 0.25) is 0 Å². The number of aliphatic carboxylic acids is 1. The van der Waals surface area contributed by atoms with Crippen LogP contribution in [0.4, 0.5) is 0 Å². The molecule has 3 aromatic rings. The van der Waals surface area contributed by atoms with Crippen molar-refractivity contribution in [2.45, 2.75) is 32.2 Å². The number of hydrogen-bond donors (Lipinski definition) is 2. The Morgan fingerprint density at radius 3 is 2.50 bits per heavy atom. The third-order valence-corrected chi connectivity index (χ3v) is 4.24. The van der Waals surface area contributed by atoms with Gasteiger partial charge in [0.15, 0.2) is 5.69 Å². The first-order chi connectivity index (χ1) is 13.5. The van der Waals surface area contributed by atoms with Crippen molar-refractivity contribution in [1.29, 1.82) is 0 Å². The molecule has 1 amide bonds. The molecule has 144 valence electrons. The van der Waals surface area contributed by atoms with Crippen LogP contribution in [0.25, 0.3) is 5.69 Å². The molecule has 0 fully saturated rings. The Morgan fingerprint density at radius 1 is 1.14 bits per heavy atom. The van der Waals surface area contributed by atoms with Gasteiger partial charge in [0.2, 0.25) is 0 Å². The highest BCUT2D eigenvalue weighted by Crippen LogP contribution is 2.23. The maximum Gasteiger partial charge on any atom is 0.305 e. The van der Waals surface area contributed by atoms with Gasteiger partial charge in [-0.3, -0.25) is 14.6 Å². The summed E-state index contributed by atoms with van der Waals surface area (Å²) < 4.78 is 1.63. The molecule has 0 spiro atoms. The van der Waals surface area contributed by atoms with Crippen LogP contribution in [-0.4, -0.2) is 37.0 Å². The highest BCUT2D eigenvalue weighted by Gasteiger charge is 2.26. The van der Waals surface area contributed by atoms with E-state index in [1.165, 1.54) is 6.20 Å². The van der Waals surface area contributed by atoms with E-state index < -0.39 is 17.9 Å². The van der Waals surface area contributed by atoms with E-state index in [9.17, 15) is 14.7 Å². The van der Waals surface area contributed by atoms with Crippen LogP contribution in [0.15, 0.2) is 54.9 Å². The zero-order chi connectivity index (χ0) is 20.1. The number of nitrogens with zero attached hydrogens (tertiary/aromatic N) is 4. The molecule has 2 aromatic heterocycles. The average Bonchev–Trinajstić information content (AvgIpc) is 3.14. The van der Waals surface area contributed by atoms with E-state index in [1.807, 2.05) is 44.2 Å². The molecule has 2 N–H and O–H groups in total. The van der Waals surface area contributed by atoms with Crippen molar-refractivity contribution >= 4 is 11.9 Å². The van der Waals surface area contributed by atoms with Gasteiger partial charge in [0.1, 0.15) is 0 Å². The molecule has 8 heteroatoms. The molecule has 0 aliphatic rings. The molecule has 0 saturated heterocycles. The normalized spacial score (nSPS) is 12.0. The van der Waals surface area contributed by atoms with Crippen molar-refractivity contribution in [2.75, 3.05) is 0 Å². The number of hydrogen-bond acceptors (Lipinski definition) is 5. The molecule has 1 aromatic carbocycles. The largest absolute Gasteiger partial charge is 0.481 e. The summed E-state index contributed by atoms with van der Waals surface area (Å²) in [6.45, 7) is 3.90. The molecule has 0 saturated carbocycles. The van der Waals surface area contributed by atoms with E-state index in [1.54, 1.807) is 23.0 Å². The van der Waals surface area contributed by atoms with Gasteiger partial charge in [-0.2, -0.15) is 0 Å². The van der Waals surface area contributed by atoms with Crippen LogP contribution in [-0.2, 0) is 4.79 Å². The molecule has 8 nitrogen and oxygen atoms in total. The quantitative estimate of drug-likeness (QED) is 0.653. The summed E-state index contributed by atoms with van der Waals surface area (Å²) in [5, 5.41) is 20.2. The van der Waals surface area contributed by atoms with E-state index in [4.69, 9.17) is 0 Å². The number of pyridine rings is 1. The zero-order valence-corrected chi connectivity index (χ0v) is 15.6. The monoisotopic (exact) mass is 379 g/mol. The average molecular weight is 379 g/mol. The fourth-order valence-corrected chi connectivity index (χ4v) is 2.96. The Balaban J connectivity index is 1.93. The summed E-state index contributed by atoms with van der Waals surface area (Å²) in [5.74, 6) is -1.51. The van der Waals surface area contributed by atoms with Gasteiger partial charge in [0, 0.05) is 12.4 Å². The van der Waals surface area contributed by atoms with Crippen molar-refractivity contribution in [3.63, 3.8) is 0 Å². The van der Waals surface area contributed by atoms with Crippen LogP contribution >= 0.6 is 0 Å². The molecule has 3 rings (SSSR count). The number of amides is 1. The van der Waals surface area contributed by atoms with Gasteiger partial charge in [0.05, 0.1) is 23.8 Å². The SMILES string of the molecule is CC(C)c1c(C(=O)N[C@@H](CC(=O)O)c2cccnc2)nnn1-c1ccccc1. The summed E-state index contributed by atoms with van der Waals surface area (Å²) in [4.78, 5) is 28.2. The minimum atomic E-state index is -1.02. The number of carbonyl (C=O) groups is 2. The van der Waals surface area contributed by atoms with Crippen molar-refractivity contribution in [3.05, 3.63) is 71.8 Å². The van der Waals surface area contributed by atoms with Crippen LogP contribution in [0.1, 0.15) is 54.0 Å². The lowest BCUT2D eigenvalue weighted by Crippen LogP contribution is -2.31. The van der Waals surface area contributed by atoms with Gasteiger partial charge < -0.3 is 10.4 Å². The smallest absolute Gasteiger partial charge is 0.305 e. The molecular formula is C20H21N5O3. The van der Waals surface area contributed by atoms with Crippen LogP contribution in [0.5, 0.6) is 0 Å².